The molecule has 0 unspecified atom stereocenters. The molecular formula is C21H14N2O4S. The number of pyridine rings is 1. The molecule has 6 nitrogen and oxygen atoms in total. The molecule has 138 valence electrons. The molecule has 2 aromatic heterocycles. The number of hydrogen-bond donors (Lipinski definition) is 0. The van der Waals surface area contributed by atoms with Crippen LogP contribution in [0, 0.1) is 0 Å². The third-order valence-electron chi connectivity index (χ3n) is 4.01. The summed E-state index contributed by atoms with van der Waals surface area (Å²) in [4.78, 5) is 33.1. The molecule has 2 heterocycles. The molecule has 4 rings (SSSR count). The molecule has 0 saturated carbocycles. The van der Waals surface area contributed by atoms with Gasteiger partial charge in [-0.05, 0) is 48.5 Å². The number of fused-ring (bicyclic) bond motifs is 1. The minimum Gasteiger partial charge on any atom is -0.465 e. The number of aromatic nitrogens is 2. The Morgan fingerprint density at radius 3 is 2.46 bits per heavy atom. The van der Waals surface area contributed by atoms with E-state index in [4.69, 9.17) is 4.74 Å². The summed E-state index contributed by atoms with van der Waals surface area (Å²) >= 11 is 1.46. The summed E-state index contributed by atoms with van der Waals surface area (Å²) in [5.41, 5.74) is 2.02. The average Bonchev–Trinajstić information content (AvgIpc) is 3.18. The van der Waals surface area contributed by atoms with E-state index in [0.717, 1.165) is 10.2 Å². The lowest BCUT2D eigenvalue weighted by molar-refractivity contribution is 0.0600. The van der Waals surface area contributed by atoms with E-state index in [1.54, 1.807) is 18.3 Å². The molecule has 0 aliphatic heterocycles. The minimum atomic E-state index is -0.548. The van der Waals surface area contributed by atoms with Crippen LogP contribution in [0.3, 0.4) is 0 Å². The van der Waals surface area contributed by atoms with E-state index in [9.17, 15) is 9.59 Å². The summed E-state index contributed by atoms with van der Waals surface area (Å²) in [6, 6.07) is 17.2. The van der Waals surface area contributed by atoms with Crippen molar-refractivity contribution in [2.45, 2.75) is 0 Å². The Morgan fingerprint density at radius 1 is 0.929 bits per heavy atom. The highest BCUT2D eigenvalue weighted by Gasteiger charge is 2.19. The summed E-state index contributed by atoms with van der Waals surface area (Å²) in [5.74, 6) is -0.687. The molecule has 0 spiro atoms. The van der Waals surface area contributed by atoms with Gasteiger partial charge in [0.2, 0.25) is 0 Å². The van der Waals surface area contributed by atoms with Crippen molar-refractivity contribution in [3.8, 4) is 16.5 Å². The number of esters is 2. The van der Waals surface area contributed by atoms with E-state index < -0.39 is 11.9 Å². The van der Waals surface area contributed by atoms with E-state index in [2.05, 4.69) is 14.7 Å². The maximum atomic E-state index is 12.7. The van der Waals surface area contributed by atoms with Gasteiger partial charge >= 0.3 is 11.9 Å². The number of thiazole rings is 1. The Morgan fingerprint density at radius 2 is 1.71 bits per heavy atom. The molecule has 28 heavy (non-hydrogen) atoms. The summed E-state index contributed by atoms with van der Waals surface area (Å²) < 4.78 is 11.1. The first-order valence-electron chi connectivity index (χ1n) is 8.37. The fourth-order valence-corrected chi connectivity index (χ4v) is 3.63. The van der Waals surface area contributed by atoms with Crippen molar-refractivity contribution >= 4 is 33.5 Å². The number of hydrogen-bond acceptors (Lipinski definition) is 7. The van der Waals surface area contributed by atoms with Crippen LogP contribution >= 0.6 is 11.3 Å². The Hall–Kier alpha value is -3.58. The van der Waals surface area contributed by atoms with Gasteiger partial charge < -0.3 is 9.47 Å². The largest absolute Gasteiger partial charge is 0.465 e. The van der Waals surface area contributed by atoms with E-state index in [0.29, 0.717) is 27.6 Å². The molecule has 0 aliphatic carbocycles. The van der Waals surface area contributed by atoms with Gasteiger partial charge in [0, 0.05) is 6.20 Å². The van der Waals surface area contributed by atoms with Gasteiger partial charge in [-0.15, -0.1) is 11.3 Å². The van der Waals surface area contributed by atoms with Crippen molar-refractivity contribution in [1.29, 1.82) is 0 Å². The lowest BCUT2D eigenvalue weighted by Crippen LogP contribution is -2.11. The van der Waals surface area contributed by atoms with Crippen LogP contribution in [0.15, 0.2) is 66.9 Å². The second-order valence-corrected chi connectivity index (χ2v) is 6.82. The molecule has 0 saturated heterocycles. The van der Waals surface area contributed by atoms with Gasteiger partial charge in [-0.3, -0.25) is 4.98 Å². The van der Waals surface area contributed by atoms with Gasteiger partial charge in [-0.1, -0.05) is 12.1 Å². The van der Waals surface area contributed by atoms with E-state index in [-0.39, 0.29) is 0 Å². The van der Waals surface area contributed by atoms with Crippen molar-refractivity contribution < 1.29 is 19.1 Å². The van der Waals surface area contributed by atoms with Crippen LogP contribution in [0.25, 0.3) is 20.9 Å². The number of rotatable bonds is 4. The van der Waals surface area contributed by atoms with Crippen LogP contribution in [-0.2, 0) is 4.74 Å². The molecule has 0 aliphatic rings. The normalized spacial score (nSPS) is 10.6. The zero-order valence-electron chi connectivity index (χ0n) is 14.8. The third kappa shape index (κ3) is 3.47. The van der Waals surface area contributed by atoms with Crippen LogP contribution in [0.4, 0.5) is 0 Å². The monoisotopic (exact) mass is 390 g/mol. The molecule has 0 fully saturated rings. The smallest absolute Gasteiger partial charge is 0.345 e. The van der Waals surface area contributed by atoms with Crippen LogP contribution in [-0.4, -0.2) is 29.0 Å². The number of methoxy groups -OCH3 is 1. The lowest BCUT2D eigenvalue weighted by Gasteiger charge is -2.07. The minimum absolute atomic E-state index is 0.316. The van der Waals surface area contributed by atoms with Crippen molar-refractivity contribution in [3.63, 3.8) is 0 Å². The molecule has 0 bridgehead atoms. The maximum Gasteiger partial charge on any atom is 0.345 e. The second-order valence-electron chi connectivity index (χ2n) is 5.79. The lowest BCUT2D eigenvalue weighted by atomic mass is 10.2. The van der Waals surface area contributed by atoms with Crippen molar-refractivity contribution in [2.75, 3.05) is 7.11 Å². The maximum absolute atomic E-state index is 12.7. The Bertz CT molecular complexity index is 1140. The number of nitrogens with zero attached hydrogens (tertiary/aromatic N) is 2. The summed E-state index contributed by atoms with van der Waals surface area (Å²) in [7, 11) is 1.31. The van der Waals surface area contributed by atoms with Crippen LogP contribution in [0.5, 0.6) is 5.75 Å². The number of carbonyl (C=O) groups is 2. The Labute approximate surface area is 164 Å². The highest BCUT2D eigenvalue weighted by molar-refractivity contribution is 7.21. The Kier molecular flexibility index (Phi) is 4.82. The summed E-state index contributed by atoms with van der Waals surface area (Å²) in [5, 5.41) is 0.648. The molecule has 7 heteroatoms. The van der Waals surface area contributed by atoms with Gasteiger partial charge in [0.15, 0.2) is 0 Å². The van der Waals surface area contributed by atoms with Crippen molar-refractivity contribution in [3.05, 3.63) is 78.0 Å². The summed E-state index contributed by atoms with van der Waals surface area (Å²) in [6.45, 7) is 0. The van der Waals surface area contributed by atoms with Gasteiger partial charge in [0.25, 0.3) is 0 Å². The average molecular weight is 390 g/mol. The van der Waals surface area contributed by atoms with Crippen LogP contribution < -0.4 is 4.74 Å². The van der Waals surface area contributed by atoms with Gasteiger partial charge in [0.05, 0.1) is 28.5 Å². The van der Waals surface area contributed by atoms with E-state index in [1.807, 2.05) is 24.3 Å². The molecule has 0 atom stereocenters. The zero-order chi connectivity index (χ0) is 19.5. The number of para-hydroxylation sites is 1. The molecule has 0 amide bonds. The highest BCUT2D eigenvalue weighted by Crippen LogP contribution is 2.31. The predicted molar refractivity (Wildman–Crippen MR) is 106 cm³/mol. The van der Waals surface area contributed by atoms with Crippen LogP contribution in [0.2, 0.25) is 0 Å². The first-order chi connectivity index (χ1) is 13.7. The fourth-order valence-electron chi connectivity index (χ4n) is 2.65. The standard InChI is InChI=1S/C21H14N2O4S/c1-26-20(24)13-8-10-14(11-9-13)27-21(25)15-5-4-12-22-18(15)19-23-16-6-2-3-7-17(16)28-19/h2-12H,1H3. The Balaban J connectivity index is 1.62. The predicted octanol–water partition coefficient (Wildman–Crippen LogP) is 4.36. The zero-order valence-corrected chi connectivity index (χ0v) is 15.6. The van der Waals surface area contributed by atoms with Gasteiger partial charge in [-0.2, -0.15) is 0 Å². The van der Waals surface area contributed by atoms with E-state index in [1.165, 1.54) is 42.7 Å². The van der Waals surface area contributed by atoms with Gasteiger partial charge in [-0.25, -0.2) is 14.6 Å². The third-order valence-corrected chi connectivity index (χ3v) is 5.05. The number of benzene rings is 2. The quantitative estimate of drug-likeness (QED) is 0.380. The second kappa shape index (κ2) is 7.58. The first kappa shape index (κ1) is 17.8. The van der Waals surface area contributed by atoms with E-state index >= 15 is 0 Å². The number of ether oxygens (including phenoxy) is 2. The van der Waals surface area contributed by atoms with Crippen molar-refractivity contribution in [1.82, 2.24) is 9.97 Å². The summed E-state index contributed by atoms with van der Waals surface area (Å²) in [6.07, 6.45) is 1.61. The molecule has 0 radical (unpaired) electrons. The molecular weight excluding hydrogens is 376 g/mol. The molecule has 4 aromatic rings. The first-order valence-corrected chi connectivity index (χ1v) is 9.19. The fraction of sp³-hybridized carbons (Fsp3) is 0.0476. The topological polar surface area (TPSA) is 78.4 Å². The van der Waals surface area contributed by atoms with Gasteiger partial charge in [0.1, 0.15) is 16.5 Å². The van der Waals surface area contributed by atoms with Crippen molar-refractivity contribution in [2.24, 2.45) is 0 Å². The SMILES string of the molecule is COC(=O)c1ccc(OC(=O)c2cccnc2-c2nc3ccccc3s2)cc1. The molecule has 2 aromatic carbocycles. The molecule has 0 N–H and O–H groups in total. The van der Waals surface area contributed by atoms with Crippen LogP contribution in [0.1, 0.15) is 20.7 Å². The highest BCUT2D eigenvalue weighted by atomic mass is 32.1. The number of carbonyl (C=O) groups excluding carboxylic acids is 2.